The van der Waals surface area contributed by atoms with Crippen molar-refractivity contribution in [1.82, 2.24) is 10.1 Å². The zero-order valence-corrected chi connectivity index (χ0v) is 12.7. The fourth-order valence-corrected chi connectivity index (χ4v) is 1.86. The number of anilines is 1. The number of aromatic nitrogens is 2. The standard InChI is InChI=1S/C15H20N4O3/c1-3-4-13(16)15(20)18-11-5-7-12(8-6-11)21-9-14-17-10(2)22-19-14/h5-8,13H,3-4,9,16H2,1-2H3,(H,18,20). The molecule has 0 fully saturated rings. The number of rotatable bonds is 7. The zero-order chi connectivity index (χ0) is 15.9. The van der Waals surface area contributed by atoms with Gasteiger partial charge < -0.3 is 20.3 Å². The SMILES string of the molecule is CCCC(N)C(=O)Nc1ccc(OCc2noc(C)n2)cc1. The summed E-state index contributed by atoms with van der Waals surface area (Å²) in [6.07, 6.45) is 1.54. The number of benzene rings is 1. The number of hydrogen-bond acceptors (Lipinski definition) is 6. The topological polar surface area (TPSA) is 103 Å². The van der Waals surface area contributed by atoms with Crippen LogP contribution in [0.15, 0.2) is 28.8 Å². The lowest BCUT2D eigenvalue weighted by Crippen LogP contribution is -2.35. The van der Waals surface area contributed by atoms with Gasteiger partial charge in [0.15, 0.2) is 6.61 Å². The molecule has 1 unspecified atom stereocenters. The minimum absolute atomic E-state index is 0.183. The molecule has 0 aliphatic carbocycles. The summed E-state index contributed by atoms with van der Waals surface area (Å²) < 4.78 is 10.4. The molecule has 0 saturated carbocycles. The van der Waals surface area contributed by atoms with Crippen molar-refractivity contribution in [3.63, 3.8) is 0 Å². The number of carbonyl (C=O) groups excluding carboxylic acids is 1. The molecule has 0 bridgehead atoms. The average molecular weight is 304 g/mol. The number of aryl methyl sites for hydroxylation is 1. The molecule has 7 nitrogen and oxygen atoms in total. The van der Waals surface area contributed by atoms with E-state index < -0.39 is 6.04 Å². The first kappa shape index (κ1) is 16.0. The monoisotopic (exact) mass is 304 g/mol. The molecule has 1 atom stereocenters. The molecule has 2 aromatic rings. The van der Waals surface area contributed by atoms with Gasteiger partial charge in [-0.3, -0.25) is 4.79 Å². The lowest BCUT2D eigenvalue weighted by Gasteiger charge is -2.11. The Hall–Kier alpha value is -2.41. The smallest absolute Gasteiger partial charge is 0.241 e. The van der Waals surface area contributed by atoms with Crippen LogP contribution in [0.25, 0.3) is 0 Å². The van der Waals surface area contributed by atoms with E-state index in [1.807, 2.05) is 6.92 Å². The van der Waals surface area contributed by atoms with Crippen LogP contribution in [-0.2, 0) is 11.4 Å². The van der Waals surface area contributed by atoms with Gasteiger partial charge in [0.1, 0.15) is 5.75 Å². The molecule has 22 heavy (non-hydrogen) atoms. The van der Waals surface area contributed by atoms with Gasteiger partial charge in [0.25, 0.3) is 0 Å². The molecule has 1 aromatic carbocycles. The summed E-state index contributed by atoms with van der Waals surface area (Å²) in [5.41, 5.74) is 6.44. The van der Waals surface area contributed by atoms with Gasteiger partial charge in [0.2, 0.25) is 17.6 Å². The van der Waals surface area contributed by atoms with Crippen LogP contribution in [0, 0.1) is 6.92 Å². The first-order valence-corrected chi connectivity index (χ1v) is 7.17. The van der Waals surface area contributed by atoms with Gasteiger partial charge in [-0.2, -0.15) is 4.98 Å². The summed E-state index contributed by atoms with van der Waals surface area (Å²) in [5.74, 6) is 1.46. The molecular weight excluding hydrogens is 284 g/mol. The van der Waals surface area contributed by atoms with E-state index in [4.69, 9.17) is 15.0 Å². The van der Waals surface area contributed by atoms with E-state index in [9.17, 15) is 4.79 Å². The van der Waals surface area contributed by atoms with Crippen molar-refractivity contribution < 1.29 is 14.1 Å². The zero-order valence-electron chi connectivity index (χ0n) is 12.7. The highest BCUT2D eigenvalue weighted by Gasteiger charge is 2.12. The molecule has 0 radical (unpaired) electrons. The van der Waals surface area contributed by atoms with E-state index in [1.54, 1.807) is 31.2 Å². The third-order valence-electron chi connectivity index (χ3n) is 3.00. The van der Waals surface area contributed by atoms with Gasteiger partial charge in [0.05, 0.1) is 6.04 Å². The summed E-state index contributed by atoms with van der Waals surface area (Å²) >= 11 is 0. The van der Waals surface area contributed by atoms with E-state index in [2.05, 4.69) is 15.5 Å². The second kappa shape index (κ2) is 7.56. The molecule has 2 rings (SSSR count). The predicted molar refractivity (Wildman–Crippen MR) is 81.3 cm³/mol. The van der Waals surface area contributed by atoms with Gasteiger partial charge in [-0.05, 0) is 30.7 Å². The Bertz CT molecular complexity index is 610. The van der Waals surface area contributed by atoms with E-state index >= 15 is 0 Å². The number of amides is 1. The maximum absolute atomic E-state index is 11.8. The highest BCUT2D eigenvalue weighted by Crippen LogP contribution is 2.17. The van der Waals surface area contributed by atoms with E-state index in [1.165, 1.54) is 0 Å². The molecule has 1 amide bonds. The van der Waals surface area contributed by atoms with Gasteiger partial charge in [-0.25, -0.2) is 0 Å². The molecule has 0 saturated heterocycles. The van der Waals surface area contributed by atoms with Gasteiger partial charge >= 0.3 is 0 Å². The van der Waals surface area contributed by atoms with Crippen molar-refractivity contribution in [3.8, 4) is 5.75 Å². The number of nitrogens with two attached hydrogens (primary N) is 1. The van der Waals surface area contributed by atoms with Crippen LogP contribution < -0.4 is 15.8 Å². The average Bonchev–Trinajstić information content (AvgIpc) is 2.92. The summed E-state index contributed by atoms with van der Waals surface area (Å²) in [5, 5.41) is 6.51. The Kier molecular flexibility index (Phi) is 5.48. The summed E-state index contributed by atoms with van der Waals surface area (Å²) in [7, 11) is 0. The number of nitrogens with zero attached hydrogens (tertiary/aromatic N) is 2. The molecule has 1 aromatic heterocycles. The van der Waals surface area contributed by atoms with Crippen LogP contribution in [0.1, 0.15) is 31.5 Å². The van der Waals surface area contributed by atoms with Crippen LogP contribution in [-0.4, -0.2) is 22.1 Å². The van der Waals surface area contributed by atoms with Crippen LogP contribution in [0.5, 0.6) is 5.75 Å². The molecule has 0 aliphatic rings. The molecule has 0 aliphatic heterocycles. The minimum atomic E-state index is -0.484. The van der Waals surface area contributed by atoms with Crippen LogP contribution in [0.4, 0.5) is 5.69 Å². The maximum Gasteiger partial charge on any atom is 0.241 e. The number of ether oxygens (including phenoxy) is 1. The van der Waals surface area contributed by atoms with Gasteiger partial charge in [0, 0.05) is 12.6 Å². The summed E-state index contributed by atoms with van der Waals surface area (Å²) in [6, 6.07) is 6.55. The first-order chi connectivity index (χ1) is 10.6. The Labute approximate surface area is 128 Å². The summed E-state index contributed by atoms with van der Waals surface area (Å²) in [6.45, 7) is 3.94. The van der Waals surface area contributed by atoms with E-state index in [0.29, 0.717) is 29.6 Å². The summed E-state index contributed by atoms with van der Waals surface area (Å²) in [4.78, 5) is 15.9. The molecule has 0 spiro atoms. The first-order valence-electron chi connectivity index (χ1n) is 7.17. The van der Waals surface area contributed by atoms with Crippen molar-refractivity contribution in [2.45, 2.75) is 39.3 Å². The highest BCUT2D eigenvalue weighted by molar-refractivity contribution is 5.94. The third kappa shape index (κ3) is 4.56. The lowest BCUT2D eigenvalue weighted by atomic mass is 10.1. The fourth-order valence-electron chi connectivity index (χ4n) is 1.86. The van der Waals surface area contributed by atoms with Crippen molar-refractivity contribution in [3.05, 3.63) is 36.0 Å². The van der Waals surface area contributed by atoms with Crippen molar-refractivity contribution in [1.29, 1.82) is 0 Å². The molecule has 7 heteroatoms. The Balaban J connectivity index is 1.86. The van der Waals surface area contributed by atoms with E-state index in [-0.39, 0.29) is 12.5 Å². The van der Waals surface area contributed by atoms with Crippen molar-refractivity contribution in [2.24, 2.45) is 5.73 Å². The lowest BCUT2D eigenvalue weighted by molar-refractivity contribution is -0.117. The fraction of sp³-hybridized carbons (Fsp3) is 0.400. The van der Waals surface area contributed by atoms with Gasteiger partial charge in [-0.15, -0.1) is 0 Å². The highest BCUT2D eigenvalue weighted by atomic mass is 16.5. The van der Waals surface area contributed by atoms with Crippen molar-refractivity contribution >= 4 is 11.6 Å². The third-order valence-corrected chi connectivity index (χ3v) is 3.00. The number of nitrogens with one attached hydrogen (secondary N) is 1. The Morgan fingerprint density at radius 1 is 1.41 bits per heavy atom. The van der Waals surface area contributed by atoms with Crippen LogP contribution >= 0.6 is 0 Å². The quantitative estimate of drug-likeness (QED) is 0.811. The number of carbonyl (C=O) groups is 1. The molecule has 1 heterocycles. The second-order valence-corrected chi connectivity index (χ2v) is 4.93. The van der Waals surface area contributed by atoms with E-state index in [0.717, 1.165) is 6.42 Å². The second-order valence-electron chi connectivity index (χ2n) is 4.93. The normalized spacial score (nSPS) is 12.0. The predicted octanol–water partition coefficient (Wildman–Crippen LogP) is 2.02. The Morgan fingerprint density at radius 3 is 2.73 bits per heavy atom. The van der Waals surface area contributed by atoms with Gasteiger partial charge in [-0.1, -0.05) is 18.5 Å². The molecule has 3 N–H and O–H groups in total. The number of hydrogen-bond donors (Lipinski definition) is 2. The Morgan fingerprint density at radius 2 is 2.14 bits per heavy atom. The maximum atomic E-state index is 11.8. The van der Waals surface area contributed by atoms with Crippen molar-refractivity contribution in [2.75, 3.05) is 5.32 Å². The largest absolute Gasteiger partial charge is 0.485 e. The van der Waals surface area contributed by atoms with Crippen LogP contribution in [0.3, 0.4) is 0 Å². The molecule has 118 valence electrons. The minimum Gasteiger partial charge on any atom is -0.485 e. The van der Waals surface area contributed by atoms with Crippen LogP contribution in [0.2, 0.25) is 0 Å². The molecular formula is C15H20N4O3.